The molecule has 0 fully saturated rings. The molecule has 0 saturated heterocycles. The zero-order valence-electron chi connectivity index (χ0n) is 8.25. The number of hydrogen-bond donors (Lipinski definition) is 1. The minimum atomic E-state index is -0.895. The second kappa shape index (κ2) is 3.38. The van der Waals surface area contributed by atoms with Gasteiger partial charge >= 0.3 is 5.97 Å². The van der Waals surface area contributed by atoms with Crippen LogP contribution in [0.1, 0.15) is 10.4 Å². The van der Waals surface area contributed by atoms with Gasteiger partial charge < -0.3 is 10.0 Å². The van der Waals surface area contributed by atoms with Crippen molar-refractivity contribution in [3.63, 3.8) is 0 Å². The molecule has 0 aliphatic carbocycles. The lowest BCUT2D eigenvalue weighted by atomic mass is 10.2. The van der Waals surface area contributed by atoms with Crippen LogP contribution in [0.3, 0.4) is 0 Å². The number of aromatic carboxylic acids is 1. The SMILES string of the molecule is O=C(O)c1ccc2c(c1)SC1=NC=CCN12. The molecule has 0 radical (unpaired) electrons. The first kappa shape index (κ1) is 9.47. The van der Waals surface area contributed by atoms with Gasteiger partial charge in [0.05, 0.1) is 11.3 Å². The number of hydrogen-bond acceptors (Lipinski definition) is 4. The molecule has 2 heterocycles. The molecule has 0 bridgehead atoms. The molecule has 3 rings (SSSR count). The quantitative estimate of drug-likeness (QED) is 0.806. The number of amidine groups is 1. The highest BCUT2D eigenvalue weighted by Crippen LogP contribution is 2.41. The van der Waals surface area contributed by atoms with Gasteiger partial charge in [-0.25, -0.2) is 9.79 Å². The molecule has 5 heteroatoms. The van der Waals surface area contributed by atoms with E-state index in [0.717, 1.165) is 22.3 Å². The molecule has 1 N–H and O–H groups in total. The summed E-state index contributed by atoms with van der Waals surface area (Å²) < 4.78 is 0. The minimum absolute atomic E-state index is 0.319. The molecular formula is C11H8N2O2S. The molecule has 80 valence electrons. The van der Waals surface area contributed by atoms with E-state index in [9.17, 15) is 4.79 Å². The maximum Gasteiger partial charge on any atom is 0.335 e. The lowest BCUT2D eigenvalue weighted by Crippen LogP contribution is -2.26. The second-order valence-corrected chi connectivity index (χ2v) is 4.51. The molecule has 2 aliphatic rings. The third-order valence-electron chi connectivity index (χ3n) is 2.51. The van der Waals surface area contributed by atoms with Crippen LogP contribution in [0.25, 0.3) is 0 Å². The maximum absolute atomic E-state index is 10.8. The van der Waals surface area contributed by atoms with E-state index in [-0.39, 0.29) is 0 Å². The number of carboxylic acid groups (broad SMARTS) is 1. The van der Waals surface area contributed by atoms with Crippen molar-refractivity contribution in [3.05, 3.63) is 36.0 Å². The van der Waals surface area contributed by atoms with Crippen molar-refractivity contribution in [1.29, 1.82) is 0 Å². The third-order valence-corrected chi connectivity index (χ3v) is 3.56. The largest absolute Gasteiger partial charge is 0.478 e. The zero-order valence-corrected chi connectivity index (χ0v) is 9.07. The Hall–Kier alpha value is -1.75. The summed E-state index contributed by atoms with van der Waals surface area (Å²) in [5.74, 6) is -0.895. The predicted octanol–water partition coefficient (Wildman–Crippen LogP) is 2.18. The van der Waals surface area contributed by atoms with Gasteiger partial charge in [0.15, 0.2) is 5.17 Å². The topological polar surface area (TPSA) is 52.9 Å². The van der Waals surface area contributed by atoms with E-state index in [2.05, 4.69) is 9.89 Å². The van der Waals surface area contributed by atoms with E-state index in [1.54, 1.807) is 18.3 Å². The number of thioether (sulfide) groups is 1. The van der Waals surface area contributed by atoms with Crippen LogP contribution in [0.2, 0.25) is 0 Å². The van der Waals surface area contributed by atoms with E-state index >= 15 is 0 Å². The smallest absolute Gasteiger partial charge is 0.335 e. The number of carboxylic acids is 1. The van der Waals surface area contributed by atoms with Crippen molar-refractivity contribution in [2.24, 2.45) is 4.99 Å². The average molecular weight is 232 g/mol. The van der Waals surface area contributed by atoms with Crippen molar-refractivity contribution < 1.29 is 9.90 Å². The first-order valence-corrected chi connectivity index (χ1v) is 5.63. The molecule has 2 aliphatic heterocycles. The van der Waals surface area contributed by atoms with Crippen molar-refractivity contribution in [2.45, 2.75) is 4.90 Å². The number of nitrogens with zero attached hydrogens (tertiary/aromatic N) is 2. The normalized spacial score (nSPS) is 16.8. The van der Waals surface area contributed by atoms with Gasteiger partial charge in [0.1, 0.15) is 0 Å². The van der Waals surface area contributed by atoms with Crippen LogP contribution in [0, 0.1) is 0 Å². The minimum Gasteiger partial charge on any atom is -0.478 e. The number of rotatable bonds is 1. The molecule has 0 atom stereocenters. The Morgan fingerprint density at radius 2 is 2.38 bits per heavy atom. The summed E-state index contributed by atoms with van der Waals surface area (Å²) in [6, 6.07) is 5.17. The zero-order chi connectivity index (χ0) is 11.1. The molecule has 0 aromatic heterocycles. The molecule has 1 aromatic rings. The van der Waals surface area contributed by atoms with E-state index < -0.39 is 5.97 Å². The molecule has 0 amide bonds. The Morgan fingerprint density at radius 1 is 1.50 bits per heavy atom. The van der Waals surface area contributed by atoms with E-state index in [4.69, 9.17) is 5.11 Å². The van der Waals surface area contributed by atoms with Gasteiger partial charge in [-0.3, -0.25) is 0 Å². The van der Waals surface area contributed by atoms with Gasteiger partial charge in [0.25, 0.3) is 0 Å². The van der Waals surface area contributed by atoms with E-state index in [1.807, 2.05) is 12.1 Å². The van der Waals surface area contributed by atoms with Crippen molar-refractivity contribution >= 4 is 28.6 Å². The summed E-state index contributed by atoms with van der Waals surface area (Å²) in [6.07, 6.45) is 3.76. The Bertz CT molecular complexity index is 537. The molecule has 0 saturated carbocycles. The van der Waals surface area contributed by atoms with Crippen LogP contribution in [-0.2, 0) is 0 Å². The number of benzene rings is 1. The van der Waals surface area contributed by atoms with Gasteiger partial charge in [0, 0.05) is 17.6 Å². The summed E-state index contributed by atoms with van der Waals surface area (Å²) in [5.41, 5.74) is 1.36. The Kier molecular flexibility index (Phi) is 2.00. The van der Waals surface area contributed by atoms with Crippen molar-refractivity contribution in [1.82, 2.24) is 0 Å². The van der Waals surface area contributed by atoms with Crippen molar-refractivity contribution in [3.8, 4) is 0 Å². The molecule has 0 spiro atoms. The molecular weight excluding hydrogens is 224 g/mol. The summed E-state index contributed by atoms with van der Waals surface area (Å²) >= 11 is 1.51. The highest BCUT2D eigenvalue weighted by Gasteiger charge is 2.27. The Balaban J connectivity index is 2.07. The second-order valence-electron chi connectivity index (χ2n) is 3.50. The Labute approximate surface area is 96.3 Å². The molecule has 4 nitrogen and oxygen atoms in total. The van der Waals surface area contributed by atoms with Crippen LogP contribution in [0.4, 0.5) is 5.69 Å². The summed E-state index contributed by atoms with van der Waals surface area (Å²) in [4.78, 5) is 18.1. The van der Waals surface area contributed by atoms with Crippen LogP contribution in [0.15, 0.2) is 40.4 Å². The highest BCUT2D eigenvalue weighted by molar-refractivity contribution is 8.14. The number of aliphatic imine (C=N–C) groups is 1. The molecule has 1 aromatic carbocycles. The fourth-order valence-corrected chi connectivity index (χ4v) is 2.81. The summed E-state index contributed by atoms with van der Waals surface area (Å²) in [5, 5.41) is 9.83. The first-order chi connectivity index (χ1) is 7.75. The third kappa shape index (κ3) is 1.32. The van der Waals surface area contributed by atoms with Crippen LogP contribution < -0.4 is 4.90 Å². The average Bonchev–Trinajstić information content (AvgIpc) is 2.66. The molecule has 0 unspecified atom stereocenters. The van der Waals surface area contributed by atoms with Crippen LogP contribution >= 0.6 is 11.8 Å². The standard InChI is InChI=1S/C11H8N2O2S/c14-10(15)7-2-3-8-9(6-7)16-11-12-4-1-5-13(8)11/h1-4,6H,5H2,(H,14,15). The lowest BCUT2D eigenvalue weighted by molar-refractivity contribution is 0.0696. The molecule has 16 heavy (non-hydrogen) atoms. The monoisotopic (exact) mass is 232 g/mol. The number of carbonyl (C=O) groups is 1. The predicted molar refractivity (Wildman–Crippen MR) is 63.2 cm³/mol. The van der Waals surface area contributed by atoms with Crippen LogP contribution in [0.5, 0.6) is 0 Å². The summed E-state index contributed by atoms with van der Waals surface area (Å²) in [7, 11) is 0. The van der Waals surface area contributed by atoms with Gasteiger partial charge in [-0.1, -0.05) is 0 Å². The number of anilines is 1. The van der Waals surface area contributed by atoms with Gasteiger partial charge in [-0.05, 0) is 36.0 Å². The lowest BCUT2D eigenvalue weighted by Gasteiger charge is -2.18. The van der Waals surface area contributed by atoms with E-state index in [1.165, 1.54) is 11.8 Å². The van der Waals surface area contributed by atoms with E-state index in [0.29, 0.717) is 5.56 Å². The number of fused-ring (bicyclic) bond motifs is 3. The highest BCUT2D eigenvalue weighted by atomic mass is 32.2. The van der Waals surface area contributed by atoms with Crippen molar-refractivity contribution in [2.75, 3.05) is 11.4 Å². The van der Waals surface area contributed by atoms with Gasteiger partial charge in [-0.2, -0.15) is 0 Å². The first-order valence-electron chi connectivity index (χ1n) is 4.81. The Morgan fingerprint density at radius 3 is 3.19 bits per heavy atom. The summed E-state index contributed by atoms with van der Waals surface area (Å²) in [6.45, 7) is 0.797. The van der Waals surface area contributed by atoms with Gasteiger partial charge in [0.2, 0.25) is 0 Å². The maximum atomic E-state index is 10.8. The van der Waals surface area contributed by atoms with Gasteiger partial charge in [-0.15, -0.1) is 0 Å². The van der Waals surface area contributed by atoms with Crippen LogP contribution in [-0.4, -0.2) is 22.8 Å². The fourth-order valence-electron chi connectivity index (χ4n) is 1.75. The fraction of sp³-hybridized carbons (Fsp3) is 0.0909.